The van der Waals surface area contributed by atoms with Gasteiger partial charge in [-0.25, -0.2) is 13.2 Å². The van der Waals surface area contributed by atoms with E-state index in [0.717, 1.165) is 10.7 Å². The van der Waals surface area contributed by atoms with E-state index in [1.807, 2.05) is 57.3 Å². The van der Waals surface area contributed by atoms with Gasteiger partial charge < -0.3 is 14.0 Å². The number of esters is 1. The van der Waals surface area contributed by atoms with Gasteiger partial charge in [0.1, 0.15) is 15.9 Å². The van der Waals surface area contributed by atoms with Crippen LogP contribution in [0.3, 0.4) is 0 Å². The number of fused-ring (bicyclic) bond motifs is 1. The average molecular weight is 1160 g/mol. The van der Waals surface area contributed by atoms with Gasteiger partial charge in [-0.15, -0.1) is 0 Å². The molecule has 0 aliphatic heterocycles. The lowest BCUT2D eigenvalue weighted by Gasteiger charge is -2.56. The van der Waals surface area contributed by atoms with Crippen LogP contribution in [0.4, 0.5) is 0 Å². The molecule has 6 unspecified atom stereocenters. The van der Waals surface area contributed by atoms with Gasteiger partial charge in [-0.2, -0.15) is 0 Å². The van der Waals surface area contributed by atoms with Gasteiger partial charge in [0.2, 0.25) is 0 Å². The molecular weight excluding hydrogens is 1130 g/mol. The first-order chi connectivity index (χ1) is 20.5. The van der Waals surface area contributed by atoms with Crippen LogP contribution in [0, 0.1) is 41.5 Å². The maximum atomic E-state index is 13.5. The Morgan fingerprint density at radius 2 is 1.35 bits per heavy atom. The smallest absolute Gasteiger partial charge is 0.339 e. The van der Waals surface area contributed by atoms with Crippen LogP contribution in [0.1, 0.15) is 33.3 Å². The van der Waals surface area contributed by atoms with E-state index in [1.54, 1.807) is 12.1 Å². The van der Waals surface area contributed by atoms with E-state index >= 15 is 0 Å². The van der Waals surface area contributed by atoms with Crippen LogP contribution in [0.5, 0.6) is 5.75 Å². The zero-order valence-corrected chi connectivity index (χ0v) is 33.7. The highest BCUT2D eigenvalue weighted by atomic mass is 127. The number of hydrogen-bond donors (Lipinski definition) is 0. The Balaban J connectivity index is 1.34. The summed E-state index contributed by atoms with van der Waals surface area (Å²) in [5.41, 5.74) is 3.18. The predicted octanol–water partition coefficient (Wildman–Crippen LogP) is 8.33. The molecule has 3 aromatic rings. The molecule has 0 spiro atoms. The molecule has 4 aliphatic rings. The van der Waals surface area contributed by atoms with Crippen molar-refractivity contribution in [2.45, 2.75) is 16.7 Å². The van der Waals surface area contributed by atoms with Crippen molar-refractivity contribution in [3.05, 3.63) is 107 Å². The molecule has 1 saturated carbocycles. The van der Waals surface area contributed by atoms with Gasteiger partial charge in [0.15, 0.2) is 0 Å². The number of ether oxygens (including phenoxy) is 2. The molecule has 224 valence electrons. The Kier molecular flexibility index (Phi) is 10.1. The van der Waals surface area contributed by atoms with Crippen LogP contribution in [0.25, 0.3) is 0 Å². The minimum atomic E-state index is -4.61. The average Bonchev–Trinajstić information content (AvgIpc) is 2.95. The fraction of sp³-hybridized carbons (Fsp3) is 0.258. The monoisotopic (exact) mass is 1160 g/mol. The second-order valence-corrected chi connectivity index (χ2v) is 17.9. The third kappa shape index (κ3) is 6.45. The fourth-order valence-electron chi connectivity index (χ4n) is 6.92. The van der Waals surface area contributed by atoms with Crippen LogP contribution >= 0.6 is 113 Å². The summed E-state index contributed by atoms with van der Waals surface area (Å²) in [6.45, 7) is 0.608. The van der Waals surface area contributed by atoms with E-state index in [2.05, 4.69) is 116 Å². The topological polar surface area (TPSA) is 92.7 Å². The number of carbonyl (C=O) groups is 1. The first-order valence-corrected chi connectivity index (χ1v) is 20.1. The summed E-state index contributed by atoms with van der Waals surface area (Å²) in [5, 5.41) is 0. The standard InChI is InChI=1S/C31H23I5O6S/c32-15-9-21(29(36)24(33)10-15)31(37)42-14-23-22(13-41-16-11-25(34)30(26(35)12-16)43(38,39)40)27-17-5-1-3-7-19(17)28(23)20-8-4-2-6-18(20)27/h1-12,17,19,22-23,27-28H,13-14H2,(H,38,39,40)/p-1. The molecule has 6 nitrogen and oxygen atoms in total. The first-order valence-electron chi connectivity index (χ1n) is 13.3. The van der Waals surface area contributed by atoms with Crippen molar-refractivity contribution in [2.75, 3.05) is 13.2 Å². The highest BCUT2D eigenvalue weighted by Gasteiger charge is 2.55. The zero-order chi connectivity index (χ0) is 30.6. The number of allylic oxidation sites excluding steroid dienone is 4. The summed E-state index contributed by atoms with van der Waals surface area (Å²) >= 11 is 10.4. The summed E-state index contributed by atoms with van der Waals surface area (Å²) in [5.74, 6) is 1.06. The van der Waals surface area contributed by atoms with E-state index in [0.29, 0.717) is 25.1 Å². The maximum Gasteiger partial charge on any atom is 0.339 e. The van der Waals surface area contributed by atoms with Crippen LogP contribution in [-0.2, 0) is 14.9 Å². The van der Waals surface area contributed by atoms with E-state index in [1.165, 1.54) is 11.1 Å². The SMILES string of the molecule is O=C(OCC1C(COc2cc(I)c(S(=O)(=O)[O-])c(I)c2)C2c3ccccc3C1C1C=CC=CC12)c1cc(I)cc(I)c1I. The Bertz CT molecular complexity index is 1770. The molecule has 3 aromatic carbocycles. The first kappa shape index (κ1) is 32.9. The predicted molar refractivity (Wildman–Crippen MR) is 204 cm³/mol. The van der Waals surface area contributed by atoms with Gasteiger partial charge in [0.05, 0.1) is 23.7 Å². The zero-order valence-electron chi connectivity index (χ0n) is 22.1. The van der Waals surface area contributed by atoms with Crippen LogP contribution < -0.4 is 4.74 Å². The molecule has 43 heavy (non-hydrogen) atoms. The van der Waals surface area contributed by atoms with E-state index in [4.69, 9.17) is 9.47 Å². The molecular formula is C31H22I5O6S-. The molecule has 12 heteroatoms. The molecule has 0 radical (unpaired) electrons. The van der Waals surface area contributed by atoms with Crippen LogP contribution in [0.15, 0.2) is 77.7 Å². The van der Waals surface area contributed by atoms with Crippen molar-refractivity contribution in [3.63, 3.8) is 0 Å². The van der Waals surface area contributed by atoms with Crippen molar-refractivity contribution in [2.24, 2.45) is 23.7 Å². The lowest BCUT2D eigenvalue weighted by atomic mass is 9.48. The molecule has 0 N–H and O–H groups in total. The number of carbonyl (C=O) groups excluding carboxylic acids is 1. The number of halogens is 5. The quantitative estimate of drug-likeness (QED) is 0.102. The molecule has 1 fully saturated rings. The van der Waals surface area contributed by atoms with Crippen LogP contribution in [0.2, 0.25) is 0 Å². The Hall–Kier alpha value is -0.0300. The molecule has 2 bridgehead atoms. The van der Waals surface area contributed by atoms with Gasteiger partial charge in [-0.05, 0) is 172 Å². The van der Waals surface area contributed by atoms with E-state index < -0.39 is 10.1 Å². The van der Waals surface area contributed by atoms with Crippen molar-refractivity contribution in [1.29, 1.82) is 0 Å². The molecule has 6 atom stereocenters. The van der Waals surface area contributed by atoms with E-state index in [-0.39, 0.29) is 53.0 Å². The summed E-state index contributed by atoms with van der Waals surface area (Å²) < 4.78 is 51.5. The van der Waals surface area contributed by atoms with Gasteiger partial charge in [0, 0.05) is 29.7 Å². The van der Waals surface area contributed by atoms with Crippen molar-refractivity contribution in [3.8, 4) is 5.75 Å². The molecule has 0 amide bonds. The number of hydrogen-bond acceptors (Lipinski definition) is 6. The van der Waals surface area contributed by atoms with Crippen molar-refractivity contribution in [1.82, 2.24) is 0 Å². The van der Waals surface area contributed by atoms with Gasteiger partial charge in [-0.3, -0.25) is 0 Å². The number of rotatable bonds is 7. The third-order valence-electron chi connectivity index (χ3n) is 8.52. The van der Waals surface area contributed by atoms with Gasteiger partial charge >= 0.3 is 5.97 Å². The number of benzene rings is 3. The summed E-state index contributed by atoms with van der Waals surface area (Å²) in [4.78, 5) is 13.2. The van der Waals surface area contributed by atoms with Gasteiger partial charge in [0.25, 0.3) is 0 Å². The largest absolute Gasteiger partial charge is 0.744 e. The van der Waals surface area contributed by atoms with E-state index in [9.17, 15) is 17.8 Å². The summed E-state index contributed by atoms with van der Waals surface area (Å²) in [7, 11) is -4.61. The second-order valence-electron chi connectivity index (χ2n) is 10.8. The minimum Gasteiger partial charge on any atom is -0.744 e. The highest BCUT2D eigenvalue weighted by Crippen LogP contribution is 2.62. The molecule has 7 rings (SSSR count). The molecule has 0 saturated heterocycles. The molecule has 0 aromatic heterocycles. The molecule has 0 heterocycles. The Labute approximate surface area is 318 Å². The summed E-state index contributed by atoms with van der Waals surface area (Å²) in [6, 6.07) is 15.7. The molecule has 4 aliphatic carbocycles. The normalized spacial score (nSPS) is 25.3. The van der Waals surface area contributed by atoms with Crippen molar-refractivity contribution < 1.29 is 27.2 Å². The Morgan fingerprint density at radius 1 is 0.791 bits per heavy atom. The van der Waals surface area contributed by atoms with Crippen LogP contribution in [-0.4, -0.2) is 32.2 Å². The lowest BCUT2D eigenvalue weighted by Crippen LogP contribution is -2.51. The lowest BCUT2D eigenvalue weighted by molar-refractivity contribution is -0.00824. The van der Waals surface area contributed by atoms with Crippen molar-refractivity contribution >= 4 is 129 Å². The van der Waals surface area contributed by atoms with Gasteiger partial charge in [-0.1, -0.05) is 48.6 Å². The minimum absolute atomic E-state index is 0.000189. The second kappa shape index (κ2) is 13.2. The highest BCUT2D eigenvalue weighted by molar-refractivity contribution is 14.1. The Morgan fingerprint density at radius 3 is 1.91 bits per heavy atom. The third-order valence-corrected chi connectivity index (χ3v) is 15.6. The summed E-state index contributed by atoms with van der Waals surface area (Å²) in [6.07, 6.45) is 8.82. The fourth-order valence-corrected chi connectivity index (χ4v) is 13.2. The maximum absolute atomic E-state index is 13.5.